The van der Waals surface area contributed by atoms with Crippen LogP contribution in [0.2, 0.25) is 0 Å². The van der Waals surface area contributed by atoms with Crippen molar-refractivity contribution in [3.63, 3.8) is 0 Å². The minimum atomic E-state index is -0.719. The molecule has 0 aliphatic heterocycles. The quantitative estimate of drug-likeness (QED) is 0.806. The van der Waals surface area contributed by atoms with Crippen molar-refractivity contribution in [3.8, 4) is 6.07 Å². The van der Waals surface area contributed by atoms with Crippen molar-refractivity contribution in [2.24, 2.45) is 23.2 Å². The Morgan fingerprint density at radius 1 is 1.17 bits per heavy atom. The van der Waals surface area contributed by atoms with Crippen LogP contribution in [0.25, 0.3) is 0 Å². The van der Waals surface area contributed by atoms with Crippen molar-refractivity contribution >= 4 is 0 Å². The Morgan fingerprint density at radius 3 is 2.17 bits per heavy atom. The zero-order chi connectivity index (χ0) is 13.4. The lowest BCUT2D eigenvalue weighted by Gasteiger charge is -2.47. The second-order valence-corrected chi connectivity index (χ2v) is 6.99. The number of nitriles is 1. The van der Waals surface area contributed by atoms with Crippen molar-refractivity contribution in [3.05, 3.63) is 0 Å². The van der Waals surface area contributed by atoms with Crippen molar-refractivity contribution in [2.75, 3.05) is 0 Å². The van der Waals surface area contributed by atoms with Crippen molar-refractivity contribution in [1.29, 1.82) is 5.26 Å². The molecule has 18 heavy (non-hydrogen) atoms. The van der Waals surface area contributed by atoms with E-state index >= 15 is 0 Å². The maximum absolute atomic E-state index is 11.0. The summed E-state index contributed by atoms with van der Waals surface area (Å²) in [4.78, 5) is 0. The molecule has 0 saturated heterocycles. The minimum absolute atomic E-state index is 0.285. The molecule has 2 unspecified atom stereocenters. The van der Waals surface area contributed by atoms with Gasteiger partial charge in [0.1, 0.15) is 0 Å². The third kappa shape index (κ3) is 1.97. The molecule has 2 rings (SSSR count). The van der Waals surface area contributed by atoms with E-state index in [2.05, 4.69) is 26.8 Å². The molecule has 0 aromatic rings. The second-order valence-electron chi connectivity index (χ2n) is 6.99. The lowest BCUT2D eigenvalue weighted by Crippen LogP contribution is -2.51. The molecular formula is C16H27NO. The smallest absolute Gasteiger partial charge is 0.0863 e. The zero-order valence-corrected chi connectivity index (χ0v) is 12.1. The van der Waals surface area contributed by atoms with Gasteiger partial charge in [-0.2, -0.15) is 5.26 Å². The number of aliphatic hydroxyl groups is 1. The molecule has 0 amide bonds. The fourth-order valence-electron chi connectivity index (χ4n) is 4.31. The number of nitrogens with zero attached hydrogens (tertiary/aromatic N) is 1. The molecule has 2 nitrogen and oxygen atoms in total. The molecule has 0 aromatic heterocycles. The van der Waals surface area contributed by atoms with Gasteiger partial charge in [0.25, 0.3) is 0 Å². The average molecular weight is 249 g/mol. The summed E-state index contributed by atoms with van der Waals surface area (Å²) in [5, 5.41) is 20.7. The van der Waals surface area contributed by atoms with Crippen LogP contribution in [0, 0.1) is 34.5 Å². The molecule has 0 spiro atoms. The van der Waals surface area contributed by atoms with E-state index in [1.807, 2.05) is 0 Å². The van der Waals surface area contributed by atoms with E-state index in [4.69, 9.17) is 0 Å². The maximum Gasteiger partial charge on any atom is 0.0863 e. The van der Waals surface area contributed by atoms with Gasteiger partial charge in [-0.1, -0.05) is 27.2 Å². The third-order valence-corrected chi connectivity index (χ3v) is 5.88. The molecule has 2 heteroatoms. The molecule has 2 fully saturated rings. The Kier molecular flexibility index (Phi) is 3.74. The first-order valence-corrected chi connectivity index (χ1v) is 7.59. The highest BCUT2D eigenvalue weighted by Gasteiger charge is 2.56. The summed E-state index contributed by atoms with van der Waals surface area (Å²) >= 11 is 0. The predicted octanol–water partition coefficient (Wildman–Crippen LogP) is 3.89. The van der Waals surface area contributed by atoms with Crippen LogP contribution in [0.15, 0.2) is 0 Å². The number of rotatable bonds is 2. The van der Waals surface area contributed by atoms with E-state index in [-0.39, 0.29) is 5.92 Å². The van der Waals surface area contributed by atoms with Crippen LogP contribution < -0.4 is 0 Å². The summed E-state index contributed by atoms with van der Waals surface area (Å²) in [5.74, 6) is 1.73. The lowest BCUT2D eigenvalue weighted by molar-refractivity contribution is -0.102. The average Bonchev–Trinajstić information content (AvgIpc) is 2.71. The normalized spacial score (nSPS) is 45.1. The highest BCUT2D eigenvalue weighted by atomic mass is 16.3. The van der Waals surface area contributed by atoms with Gasteiger partial charge in [-0.3, -0.25) is 0 Å². The Bertz CT molecular complexity index is 335. The number of hydrogen-bond donors (Lipinski definition) is 1. The maximum atomic E-state index is 11.0. The van der Waals surface area contributed by atoms with Gasteiger partial charge in [-0.15, -0.1) is 0 Å². The van der Waals surface area contributed by atoms with Gasteiger partial charge >= 0.3 is 0 Å². The van der Waals surface area contributed by atoms with Crippen LogP contribution in [0.5, 0.6) is 0 Å². The molecule has 0 aromatic carbocycles. The van der Waals surface area contributed by atoms with Crippen LogP contribution in [0.4, 0.5) is 0 Å². The summed E-state index contributed by atoms with van der Waals surface area (Å²) < 4.78 is 0. The highest BCUT2D eigenvalue weighted by molar-refractivity contribution is 5.16. The van der Waals surface area contributed by atoms with Gasteiger partial charge in [0, 0.05) is 0 Å². The summed E-state index contributed by atoms with van der Waals surface area (Å²) in [5.41, 5.74) is -1.18. The van der Waals surface area contributed by atoms with Gasteiger partial charge in [0.15, 0.2) is 0 Å². The van der Waals surface area contributed by atoms with E-state index in [0.717, 1.165) is 50.9 Å². The Labute approximate surface area is 111 Å². The minimum Gasteiger partial charge on any atom is -0.388 e. The molecule has 0 bridgehead atoms. The third-order valence-electron chi connectivity index (χ3n) is 5.88. The van der Waals surface area contributed by atoms with Crippen LogP contribution in [-0.4, -0.2) is 10.7 Å². The largest absolute Gasteiger partial charge is 0.388 e. The molecule has 2 atom stereocenters. The van der Waals surface area contributed by atoms with Crippen molar-refractivity contribution < 1.29 is 5.11 Å². The molecule has 102 valence electrons. The summed E-state index contributed by atoms with van der Waals surface area (Å²) in [6.45, 7) is 6.68. The first-order chi connectivity index (χ1) is 8.45. The molecular weight excluding hydrogens is 222 g/mol. The van der Waals surface area contributed by atoms with Crippen LogP contribution in [0.3, 0.4) is 0 Å². The fourth-order valence-corrected chi connectivity index (χ4v) is 4.31. The topological polar surface area (TPSA) is 44.0 Å². The van der Waals surface area contributed by atoms with Gasteiger partial charge in [-0.25, -0.2) is 0 Å². The van der Waals surface area contributed by atoms with E-state index in [1.165, 1.54) is 0 Å². The molecule has 2 saturated carbocycles. The highest BCUT2D eigenvalue weighted by Crippen LogP contribution is 2.55. The first-order valence-electron chi connectivity index (χ1n) is 7.59. The van der Waals surface area contributed by atoms with Crippen LogP contribution >= 0.6 is 0 Å². The Morgan fingerprint density at radius 2 is 1.78 bits per heavy atom. The summed E-state index contributed by atoms with van der Waals surface area (Å²) in [6, 6.07) is 2.54. The lowest BCUT2D eigenvalue weighted by atomic mass is 9.58. The van der Waals surface area contributed by atoms with E-state index in [1.54, 1.807) is 0 Å². The second kappa shape index (κ2) is 4.85. The Balaban J connectivity index is 2.17. The summed E-state index contributed by atoms with van der Waals surface area (Å²) in [6.07, 6.45) is 7.00. The zero-order valence-electron chi connectivity index (χ0n) is 12.1. The molecule has 2 aliphatic carbocycles. The standard InChI is InChI=1S/C16H27NO/c1-12(2)14-6-9-15(11-17,10-7-14)16(18)8-4-5-13(16)3/h12-14,18H,4-10H2,1-3H3. The van der Waals surface area contributed by atoms with E-state index < -0.39 is 11.0 Å². The van der Waals surface area contributed by atoms with Crippen LogP contribution in [0.1, 0.15) is 65.7 Å². The molecule has 1 N–H and O–H groups in total. The summed E-state index contributed by atoms with van der Waals surface area (Å²) in [7, 11) is 0. The Hall–Kier alpha value is -0.550. The van der Waals surface area contributed by atoms with Gasteiger partial charge in [0.2, 0.25) is 0 Å². The SMILES string of the molecule is CC(C)C1CCC(C#N)(C2(O)CCCC2C)CC1. The van der Waals surface area contributed by atoms with E-state index in [0.29, 0.717) is 5.92 Å². The predicted molar refractivity (Wildman–Crippen MR) is 72.8 cm³/mol. The molecule has 0 radical (unpaired) electrons. The van der Waals surface area contributed by atoms with E-state index in [9.17, 15) is 10.4 Å². The van der Waals surface area contributed by atoms with Crippen LogP contribution in [-0.2, 0) is 0 Å². The molecule has 2 aliphatic rings. The monoisotopic (exact) mass is 249 g/mol. The fraction of sp³-hybridized carbons (Fsp3) is 0.938. The van der Waals surface area contributed by atoms with Crippen molar-refractivity contribution in [1.82, 2.24) is 0 Å². The van der Waals surface area contributed by atoms with Crippen molar-refractivity contribution in [2.45, 2.75) is 71.3 Å². The van der Waals surface area contributed by atoms with Gasteiger partial charge in [0.05, 0.1) is 17.1 Å². The van der Waals surface area contributed by atoms with Gasteiger partial charge < -0.3 is 5.11 Å². The number of hydrogen-bond acceptors (Lipinski definition) is 2. The molecule has 0 heterocycles. The first kappa shape index (κ1) is 13.9. The van der Waals surface area contributed by atoms with Gasteiger partial charge in [-0.05, 0) is 56.3 Å².